The number of carbonyl (C=O) groups excluding carboxylic acids is 3. The number of imide groups is 1. The minimum atomic E-state index is -4.13. The van der Waals surface area contributed by atoms with Crippen molar-refractivity contribution in [1.29, 1.82) is 0 Å². The lowest BCUT2D eigenvalue weighted by molar-refractivity contribution is -0.184. The molecule has 2 atom stereocenters. The Labute approximate surface area is 224 Å². The number of piperidine rings is 2. The molecule has 0 aromatic heterocycles. The summed E-state index contributed by atoms with van der Waals surface area (Å²) in [6.45, 7) is 1.66. The van der Waals surface area contributed by atoms with E-state index < -0.39 is 24.0 Å². The summed E-state index contributed by atoms with van der Waals surface area (Å²) in [5, 5.41) is 2.33. The fourth-order valence-corrected chi connectivity index (χ4v) is 6.30. The fourth-order valence-electron chi connectivity index (χ4n) is 6.30. The molecular formula is C28H30F3N5O3. The molecule has 206 valence electrons. The van der Waals surface area contributed by atoms with Crippen molar-refractivity contribution in [2.45, 2.75) is 50.6 Å². The molecule has 3 amide bonds. The number of carbonyl (C=O) groups is 3. The summed E-state index contributed by atoms with van der Waals surface area (Å²) in [5.74, 6) is -2.20. The Hall–Kier alpha value is -3.60. The van der Waals surface area contributed by atoms with Crippen LogP contribution in [0.4, 0.5) is 13.2 Å². The van der Waals surface area contributed by atoms with Crippen LogP contribution >= 0.6 is 0 Å². The topological polar surface area (TPSA) is 76.2 Å². The Morgan fingerprint density at radius 2 is 1.82 bits per heavy atom. The van der Waals surface area contributed by atoms with E-state index in [0.29, 0.717) is 38.2 Å². The van der Waals surface area contributed by atoms with E-state index in [-0.39, 0.29) is 37.2 Å². The van der Waals surface area contributed by atoms with Gasteiger partial charge < -0.3 is 14.7 Å². The lowest BCUT2D eigenvalue weighted by Crippen LogP contribution is -2.52. The van der Waals surface area contributed by atoms with Crippen LogP contribution in [0.5, 0.6) is 0 Å². The van der Waals surface area contributed by atoms with E-state index in [0.717, 1.165) is 22.3 Å². The van der Waals surface area contributed by atoms with Crippen LogP contribution in [0.3, 0.4) is 0 Å². The minimum absolute atomic E-state index is 0.0777. The number of likely N-dealkylation sites (N-methyl/N-ethyl adjacent to an activating group) is 1. The van der Waals surface area contributed by atoms with Crippen molar-refractivity contribution >= 4 is 23.3 Å². The maximum Gasteiger partial charge on any atom is 0.391 e. The van der Waals surface area contributed by atoms with Crippen LogP contribution in [-0.4, -0.2) is 82.4 Å². The van der Waals surface area contributed by atoms with Gasteiger partial charge in [-0.15, -0.1) is 0 Å². The van der Waals surface area contributed by atoms with E-state index >= 15 is 0 Å². The third kappa shape index (κ3) is 4.73. The molecule has 2 fully saturated rings. The molecule has 5 aliphatic rings. The molecule has 5 heterocycles. The summed E-state index contributed by atoms with van der Waals surface area (Å²) in [6.07, 6.45) is 4.65. The minimum Gasteiger partial charge on any atom is -0.355 e. The maximum absolute atomic E-state index is 13.1. The number of nitrogens with one attached hydrogen (secondary N) is 1. The number of fused-ring (bicyclic) bond motifs is 2. The second kappa shape index (κ2) is 9.55. The Bertz CT molecular complexity index is 1310. The number of hydrogen-bond donors (Lipinski definition) is 1. The SMILES string of the molecule is CN1C=CN2C=C(CN3CCC(C(F)(F)F)CC3)C=C(c3ccc4c(c3)CN(C3CCC(=O)NC3=O)C4=O)C12. The predicted octanol–water partition coefficient (Wildman–Crippen LogP) is 3.05. The Kier molecular flexibility index (Phi) is 6.28. The third-order valence-corrected chi connectivity index (χ3v) is 8.39. The monoisotopic (exact) mass is 541 g/mol. The van der Waals surface area contributed by atoms with Crippen molar-refractivity contribution in [3.05, 3.63) is 65.1 Å². The van der Waals surface area contributed by atoms with Crippen LogP contribution in [0.15, 0.2) is 48.4 Å². The van der Waals surface area contributed by atoms with Gasteiger partial charge in [0.1, 0.15) is 12.2 Å². The van der Waals surface area contributed by atoms with Crippen LogP contribution < -0.4 is 5.32 Å². The zero-order valence-electron chi connectivity index (χ0n) is 21.6. The number of alkyl halides is 3. The number of amides is 3. The second-order valence-corrected chi connectivity index (χ2v) is 11.0. The number of halogens is 3. The molecule has 8 nitrogen and oxygen atoms in total. The Morgan fingerprint density at radius 3 is 2.54 bits per heavy atom. The van der Waals surface area contributed by atoms with Gasteiger partial charge in [-0.05, 0) is 67.3 Å². The molecule has 0 saturated carbocycles. The smallest absolute Gasteiger partial charge is 0.355 e. The highest BCUT2D eigenvalue weighted by atomic mass is 19.4. The van der Waals surface area contributed by atoms with Gasteiger partial charge in [-0.25, -0.2) is 0 Å². The van der Waals surface area contributed by atoms with Crippen molar-refractivity contribution in [3.63, 3.8) is 0 Å². The quantitative estimate of drug-likeness (QED) is 0.591. The van der Waals surface area contributed by atoms with Crippen LogP contribution in [0.1, 0.15) is 47.2 Å². The number of hydrogen-bond acceptors (Lipinski definition) is 6. The summed E-state index contributed by atoms with van der Waals surface area (Å²) in [7, 11) is 1.98. The summed E-state index contributed by atoms with van der Waals surface area (Å²) in [5.41, 5.74) is 4.36. The molecule has 0 aliphatic carbocycles. The van der Waals surface area contributed by atoms with Crippen molar-refractivity contribution in [2.24, 2.45) is 5.92 Å². The molecule has 1 aromatic rings. The molecule has 1 aromatic carbocycles. The second-order valence-electron chi connectivity index (χ2n) is 11.0. The van der Waals surface area contributed by atoms with Gasteiger partial charge in [-0.3, -0.25) is 24.6 Å². The highest BCUT2D eigenvalue weighted by Crippen LogP contribution is 2.38. The van der Waals surface area contributed by atoms with E-state index in [4.69, 9.17) is 0 Å². The van der Waals surface area contributed by atoms with Gasteiger partial charge in [-0.1, -0.05) is 6.07 Å². The first kappa shape index (κ1) is 25.7. The first-order chi connectivity index (χ1) is 18.6. The molecular weight excluding hydrogens is 511 g/mol. The van der Waals surface area contributed by atoms with E-state index in [1.54, 1.807) is 6.07 Å². The maximum atomic E-state index is 13.1. The van der Waals surface area contributed by atoms with Gasteiger partial charge in [0.05, 0.1) is 5.92 Å². The van der Waals surface area contributed by atoms with Crippen LogP contribution in [-0.2, 0) is 16.1 Å². The molecule has 1 N–H and O–H groups in total. The zero-order chi connectivity index (χ0) is 27.5. The average Bonchev–Trinajstić information content (AvgIpc) is 3.42. The van der Waals surface area contributed by atoms with E-state index in [1.165, 1.54) is 4.90 Å². The summed E-state index contributed by atoms with van der Waals surface area (Å²) >= 11 is 0. The van der Waals surface area contributed by atoms with Gasteiger partial charge >= 0.3 is 6.18 Å². The fraction of sp³-hybridized carbons (Fsp3) is 0.464. The van der Waals surface area contributed by atoms with Crippen molar-refractivity contribution in [1.82, 2.24) is 24.9 Å². The highest BCUT2D eigenvalue weighted by Gasteiger charge is 2.42. The largest absolute Gasteiger partial charge is 0.391 e. The van der Waals surface area contributed by atoms with E-state index in [1.807, 2.05) is 37.8 Å². The Morgan fingerprint density at radius 1 is 1.05 bits per heavy atom. The number of likely N-dealkylation sites (tertiary alicyclic amines) is 1. The molecule has 5 aliphatic heterocycles. The van der Waals surface area contributed by atoms with Crippen LogP contribution in [0, 0.1) is 5.92 Å². The summed E-state index contributed by atoms with van der Waals surface area (Å²) in [4.78, 5) is 44.9. The van der Waals surface area contributed by atoms with Crippen molar-refractivity contribution in [3.8, 4) is 0 Å². The summed E-state index contributed by atoms with van der Waals surface area (Å²) < 4.78 is 39.4. The highest BCUT2D eigenvalue weighted by molar-refractivity contribution is 6.05. The molecule has 0 radical (unpaired) electrons. The zero-order valence-corrected chi connectivity index (χ0v) is 21.6. The summed E-state index contributed by atoms with van der Waals surface area (Å²) in [6, 6.07) is 5.04. The van der Waals surface area contributed by atoms with Crippen LogP contribution in [0.2, 0.25) is 0 Å². The standard InChI is InChI=1S/C28H30F3N5O3/c1-33-10-11-35-15-17(14-34-8-6-20(7-9-34)28(29,30)31)12-22(26(33)35)18-2-3-21-19(13-18)16-36(27(21)39)23-4-5-24(37)32-25(23)38/h2-3,10-13,15,20,23,26H,4-9,14,16H2,1H3,(H,32,37,38). The van der Waals surface area contributed by atoms with Gasteiger partial charge in [0.2, 0.25) is 11.8 Å². The molecule has 2 saturated heterocycles. The number of benzene rings is 1. The number of nitrogens with zero attached hydrogens (tertiary/aromatic N) is 4. The lowest BCUT2D eigenvalue weighted by Gasteiger charge is -2.37. The average molecular weight is 542 g/mol. The van der Waals surface area contributed by atoms with Crippen molar-refractivity contribution < 1.29 is 27.6 Å². The Balaban J connectivity index is 1.23. The van der Waals surface area contributed by atoms with E-state index in [9.17, 15) is 27.6 Å². The van der Waals surface area contributed by atoms with E-state index in [2.05, 4.69) is 26.1 Å². The first-order valence-corrected chi connectivity index (χ1v) is 13.3. The van der Waals surface area contributed by atoms with Gasteiger partial charge in [0.15, 0.2) is 0 Å². The molecule has 0 spiro atoms. The number of rotatable bonds is 4. The molecule has 0 bridgehead atoms. The van der Waals surface area contributed by atoms with Crippen molar-refractivity contribution in [2.75, 3.05) is 26.7 Å². The molecule has 11 heteroatoms. The van der Waals surface area contributed by atoms with Gasteiger partial charge in [0.25, 0.3) is 5.91 Å². The lowest BCUT2D eigenvalue weighted by atomic mass is 9.93. The first-order valence-electron chi connectivity index (χ1n) is 13.3. The van der Waals surface area contributed by atoms with Gasteiger partial charge in [0, 0.05) is 56.3 Å². The predicted molar refractivity (Wildman–Crippen MR) is 136 cm³/mol. The van der Waals surface area contributed by atoms with Crippen LogP contribution in [0.25, 0.3) is 5.57 Å². The molecule has 6 rings (SSSR count). The van der Waals surface area contributed by atoms with Gasteiger partial charge in [-0.2, -0.15) is 13.2 Å². The normalized spacial score (nSPS) is 26.1. The third-order valence-electron chi connectivity index (χ3n) is 8.39. The molecule has 39 heavy (non-hydrogen) atoms. The molecule has 2 unspecified atom stereocenters.